The first-order chi connectivity index (χ1) is 18.3. The minimum absolute atomic E-state index is 0.0454. The molecule has 1 amide bonds. The summed E-state index contributed by atoms with van der Waals surface area (Å²) in [5.74, 6) is -0.411. The smallest absolute Gasteiger partial charge is 0.254 e. The number of ether oxygens (including phenoxy) is 4. The minimum Gasteiger partial charge on any atom is -0.493 e. The highest BCUT2D eigenvalue weighted by Crippen LogP contribution is 2.40. The fourth-order valence-electron chi connectivity index (χ4n) is 4.29. The molecule has 0 N–H and O–H groups in total. The molecule has 1 aliphatic heterocycles. The number of ketones is 2. The van der Waals surface area contributed by atoms with Gasteiger partial charge in [-0.25, -0.2) is 4.39 Å². The van der Waals surface area contributed by atoms with E-state index >= 15 is 0 Å². The predicted octanol–water partition coefficient (Wildman–Crippen LogP) is 4.20. The number of benzene rings is 3. The first-order valence-corrected chi connectivity index (χ1v) is 12.0. The molecule has 0 saturated carbocycles. The van der Waals surface area contributed by atoms with Crippen LogP contribution in [0.4, 0.5) is 4.39 Å². The maximum atomic E-state index is 13.5. The molecule has 4 rings (SSSR count). The fourth-order valence-corrected chi connectivity index (χ4v) is 4.29. The van der Waals surface area contributed by atoms with Gasteiger partial charge in [-0.2, -0.15) is 0 Å². The van der Waals surface area contributed by atoms with Gasteiger partial charge in [0.2, 0.25) is 5.75 Å². The zero-order chi connectivity index (χ0) is 27.2. The molecule has 8 nitrogen and oxygen atoms in total. The molecule has 0 radical (unpaired) electrons. The zero-order valence-corrected chi connectivity index (χ0v) is 21.4. The number of methoxy groups -OCH3 is 2. The molecule has 0 aromatic heterocycles. The molecule has 0 aliphatic carbocycles. The molecule has 0 bridgehead atoms. The summed E-state index contributed by atoms with van der Waals surface area (Å²) >= 11 is 0. The van der Waals surface area contributed by atoms with Gasteiger partial charge in [0.25, 0.3) is 5.91 Å². The number of carbonyl (C=O) groups excluding carboxylic acids is 3. The van der Waals surface area contributed by atoms with Gasteiger partial charge in [-0.15, -0.1) is 0 Å². The van der Waals surface area contributed by atoms with Crippen LogP contribution < -0.4 is 14.2 Å². The van der Waals surface area contributed by atoms with E-state index < -0.39 is 11.9 Å². The summed E-state index contributed by atoms with van der Waals surface area (Å²) in [6.07, 6.45) is -0.497. The molecule has 3 aromatic carbocycles. The van der Waals surface area contributed by atoms with E-state index in [1.165, 1.54) is 45.4 Å². The third-order valence-electron chi connectivity index (χ3n) is 6.23. The monoisotopic (exact) mass is 521 g/mol. The van der Waals surface area contributed by atoms with Crippen molar-refractivity contribution in [2.24, 2.45) is 0 Å². The highest BCUT2D eigenvalue weighted by Gasteiger charge is 2.29. The van der Waals surface area contributed by atoms with Crippen molar-refractivity contribution in [1.82, 2.24) is 4.90 Å². The number of nitrogens with zero attached hydrogens (tertiary/aromatic N) is 1. The Labute approximate surface area is 219 Å². The number of Topliss-reactive ketones (excluding diaryl/α,β-unsaturated/α-hetero) is 1. The number of morpholine rings is 1. The third kappa shape index (κ3) is 5.68. The van der Waals surface area contributed by atoms with Gasteiger partial charge in [0.05, 0.1) is 38.5 Å². The number of hydrogen-bond acceptors (Lipinski definition) is 7. The lowest BCUT2D eigenvalue weighted by Gasteiger charge is -2.33. The molecule has 1 saturated heterocycles. The van der Waals surface area contributed by atoms with Crippen molar-refractivity contribution in [3.8, 4) is 17.2 Å². The lowest BCUT2D eigenvalue weighted by Crippen LogP contribution is -2.48. The standard InChI is InChI=1S/C29H28FNO7/c1-18(32)22-12-13-25(35-2)28(36-3)27(22)38-17-21-16-31(14-15-37-21)29(34)24-7-5-4-6-23(24)26(33)19-8-10-20(30)11-9-19/h4-13,21H,14-17H2,1-3H3. The first-order valence-electron chi connectivity index (χ1n) is 12.0. The largest absolute Gasteiger partial charge is 0.493 e. The molecule has 198 valence electrons. The van der Waals surface area contributed by atoms with Crippen molar-refractivity contribution in [1.29, 1.82) is 0 Å². The number of halogens is 1. The van der Waals surface area contributed by atoms with Crippen LogP contribution in [0.2, 0.25) is 0 Å². The number of rotatable bonds is 9. The van der Waals surface area contributed by atoms with Crippen LogP contribution in [0.25, 0.3) is 0 Å². The Kier molecular flexibility index (Phi) is 8.38. The maximum Gasteiger partial charge on any atom is 0.254 e. The van der Waals surface area contributed by atoms with Crippen molar-refractivity contribution in [3.05, 3.63) is 88.7 Å². The van der Waals surface area contributed by atoms with Crippen LogP contribution in [-0.4, -0.2) is 69.0 Å². The van der Waals surface area contributed by atoms with Crippen molar-refractivity contribution in [2.75, 3.05) is 40.5 Å². The second-order valence-electron chi connectivity index (χ2n) is 8.67. The normalized spacial score (nSPS) is 15.1. The SMILES string of the molecule is COc1ccc(C(C)=O)c(OCC2CN(C(=O)c3ccccc3C(=O)c3ccc(F)cc3)CCO2)c1OC. The Morgan fingerprint density at radius 3 is 2.29 bits per heavy atom. The summed E-state index contributed by atoms with van der Waals surface area (Å²) in [6, 6.07) is 15.0. The molecule has 1 atom stereocenters. The van der Waals surface area contributed by atoms with Gasteiger partial charge in [0.15, 0.2) is 23.1 Å². The lowest BCUT2D eigenvalue weighted by molar-refractivity contribution is -0.0405. The van der Waals surface area contributed by atoms with Gasteiger partial charge in [-0.1, -0.05) is 18.2 Å². The van der Waals surface area contributed by atoms with Crippen molar-refractivity contribution in [2.45, 2.75) is 13.0 Å². The lowest BCUT2D eigenvalue weighted by atomic mass is 9.97. The predicted molar refractivity (Wildman–Crippen MR) is 137 cm³/mol. The molecule has 9 heteroatoms. The van der Waals surface area contributed by atoms with Crippen LogP contribution >= 0.6 is 0 Å². The van der Waals surface area contributed by atoms with E-state index in [9.17, 15) is 18.8 Å². The summed E-state index contributed by atoms with van der Waals surface area (Å²) in [4.78, 5) is 40.4. The van der Waals surface area contributed by atoms with Crippen molar-refractivity contribution >= 4 is 17.5 Å². The number of amides is 1. The first kappa shape index (κ1) is 26.8. The quantitative estimate of drug-likeness (QED) is 0.390. The van der Waals surface area contributed by atoms with Crippen LogP contribution in [-0.2, 0) is 4.74 Å². The van der Waals surface area contributed by atoms with E-state index in [-0.39, 0.29) is 65.4 Å². The average molecular weight is 522 g/mol. The van der Waals surface area contributed by atoms with Gasteiger partial charge in [0.1, 0.15) is 18.5 Å². The van der Waals surface area contributed by atoms with E-state index in [2.05, 4.69) is 0 Å². The van der Waals surface area contributed by atoms with Crippen LogP contribution in [0.5, 0.6) is 17.2 Å². The average Bonchev–Trinajstić information content (AvgIpc) is 2.95. The summed E-state index contributed by atoms with van der Waals surface area (Å²) in [6.45, 7) is 2.28. The summed E-state index contributed by atoms with van der Waals surface area (Å²) < 4.78 is 35.9. The van der Waals surface area contributed by atoms with Gasteiger partial charge in [-0.3, -0.25) is 14.4 Å². The molecule has 1 unspecified atom stereocenters. The van der Waals surface area contributed by atoms with E-state index in [0.29, 0.717) is 17.9 Å². The third-order valence-corrected chi connectivity index (χ3v) is 6.23. The highest BCUT2D eigenvalue weighted by molar-refractivity contribution is 6.15. The van der Waals surface area contributed by atoms with E-state index in [1.807, 2.05) is 0 Å². The van der Waals surface area contributed by atoms with Gasteiger partial charge < -0.3 is 23.8 Å². The molecule has 1 fully saturated rings. The summed E-state index contributed by atoms with van der Waals surface area (Å²) in [5, 5.41) is 0. The zero-order valence-electron chi connectivity index (χ0n) is 21.4. The van der Waals surface area contributed by atoms with Crippen LogP contribution in [0, 0.1) is 5.82 Å². The van der Waals surface area contributed by atoms with E-state index in [0.717, 1.165) is 0 Å². The number of carbonyl (C=O) groups is 3. The molecular weight excluding hydrogens is 493 g/mol. The van der Waals surface area contributed by atoms with Crippen LogP contribution in [0.15, 0.2) is 60.7 Å². The van der Waals surface area contributed by atoms with Crippen LogP contribution in [0.3, 0.4) is 0 Å². The summed E-state index contributed by atoms with van der Waals surface area (Å²) in [7, 11) is 2.94. The van der Waals surface area contributed by atoms with E-state index in [4.69, 9.17) is 18.9 Å². The van der Waals surface area contributed by atoms with Gasteiger partial charge >= 0.3 is 0 Å². The highest BCUT2D eigenvalue weighted by atomic mass is 19.1. The molecule has 1 aliphatic rings. The molecular formula is C29H28FNO7. The Morgan fingerprint density at radius 1 is 0.921 bits per heavy atom. The van der Waals surface area contributed by atoms with Gasteiger partial charge in [0, 0.05) is 17.7 Å². The molecule has 38 heavy (non-hydrogen) atoms. The second-order valence-corrected chi connectivity index (χ2v) is 8.67. The molecule has 0 spiro atoms. The Balaban J connectivity index is 1.51. The summed E-state index contributed by atoms with van der Waals surface area (Å²) in [5.41, 5.74) is 1.10. The van der Waals surface area contributed by atoms with Crippen LogP contribution in [0.1, 0.15) is 43.6 Å². The minimum atomic E-state index is -0.497. The maximum absolute atomic E-state index is 13.5. The Morgan fingerprint density at radius 2 is 1.63 bits per heavy atom. The Hall–Kier alpha value is -4.24. The molecule has 3 aromatic rings. The number of hydrogen-bond donors (Lipinski definition) is 0. The van der Waals surface area contributed by atoms with Crippen molar-refractivity contribution < 1.29 is 37.7 Å². The van der Waals surface area contributed by atoms with Crippen molar-refractivity contribution in [3.63, 3.8) is 0 Å². The second kappa shape index (κ2) is 11.9. The van der Waals surface area contributed by atoms with E-state index in [1.54, 1.807) is 41.3 Å². The topological polar surface area (TPSA) is 91.4 Å². The molecule has 1 heterocycles. The van der Waals surface area contributed by atoms with Gasteiger partial charge in [-0.05, 0) is 49.4 Å². The Bertz CT molecular complexity index is 1340. The fraction of sp³-hybridized carbons (Fsp3) is 0.276.